The van der Waals surface area contributed by atoms with Crippen LogP contribution in [0.4, 0.5) is 0 Å². The summed E-state index contributed by atoms with van der Waals surface area (Å²) in [6.45, 7) is 7.94. The fraction of sp³-hybridized carbons (Fsp3) is 0.500. The summed E-state index contributed by atoms with van der Waals surface area (Å²) in [5, 5.41) is 0. The van der Waals surface area contributed by atoms with Gasteiger partial charge in [0.2, 0.25) is 0 Å². The van der Waals surface area contributed by atoms with Crippen molar-refractivity contribution in [3.8, 4) is 0 Å². The van der Waals surface area contributed by atoms with Crippen LogP contribution in [0.5, 0.6) is 0 Å². The highest BCUT2D eigenvalue weighted by Crippen LogP contribution is 2.22. The molecule has 16 heavy (non-hydrogen) atoms. The summed E-state index contributed by atoms with van der Waals surface area (Å²) in [4.78, 5) is 12.3. The third kappa shape index (κ3) is 3.78. The molecule has 0 atom stereocenters. The van der Waals surface area contributed by atoms with E-state index in [4.69, 9.17) is 0 Å². The van der Waals surface area contributed by atoms with Crippen molar-refractivity contribution in [2.24, 2.45) is 0 Å². The summed E-state index contributed by atoms with van der Waals surface area (Å²) in [7, 11) is 1.95. The van der Waals surface area contributed by atoms with Gasteiger partial charge in [-0.2, -0.15) is 0 Å². The van der Waals surface area contributed by atoms with Crippen molar-refractivity contribution in [2.75, 3.05) is 13.6 Å². The zero-order valence-corrected chi connectivity index (χ0v) is 10.7. The molecule has 0 saturated heterocycles. The second-order valence-electron chi connectivity index (χ2n) is 5.31. The van der Waals surface area contributed by atoms with Crippen LogP contribution in [0.3, 0.4) is 0 Å². The number of aldehydes is 1. The first kappa shape index (κ1) is 12.9. The van der Waals surface area contributed by atoms with E-state index in [2.05, 4.69) is 45.0 Å². The predicted molar refractivity (Wildman–Crippen MR) is 67.5 cm³/mol. The lowest BCUT2D eigenvalue weighted by Gasteiger charge is -2.20. The Labute approximate surface area is 98.3 Å². The molecule has 1 rings (SSSR count). The van der Waals surface area contributed by atoms with Crippen molar-refractivity contribution < 1.29 is 4.79 Å². The first-order valence-electron chi connectivity index (χ1n) is 5.65. The van der Waals surface area contributed by atoms with Gasteiger partial charge in [-0.15, -0.1) is 0 Å². The van der Waals surface area contributed by atoms with Gasteiger partial charge in [-0.1, -0.05) is 45.0 Å². The van der Waals surface area contributed by atoms with Gasteiger partial charge in [0.05, 0.1) is 6.54 Å². The van der Waals surface area contributed by atoms with Crippen LogP contribution in [0, 0.1) is 0 Å². The Balaban J connectivity index is 2.68. The molecule has 2 heteroatoms. The highest BCUT2D eigenvalue weighted by Gasteiger charge is 2.12. The Morgan fingerprint density at radius 2 is 1.75 bits per heavy atom. The van der Waals surface area contributed by atoms with Crippen LogP contribution in [0.15, 0.2) is 24.3 Å². The van der Waals surface area contributed by atoms with E-state index in [1.54, 1.807) is 0 Å². The van der Waals surface area contributed by atoms with Crippen LogP contribution in [-0.4, -0.2) is 24.8 Å². The smallest absolute Gasteiger partial charge is 0.133 e. The Hall–Kier alpha value is -1.15. The minimum atomic E-state index is 0.202. The molecule has 1 aromatic rings. The van der Waals surface area contributed by atoms with Crippen LogP contribution in [0.1, 0.15) is 31.9 Å². The molecule has 0 saturated carbocycles. The average molecular weight is 219 g/mol. The van der Waals surface area contributed by atoms with Crippen molar-refractivity contribution in [1.82, 2.24) is 4.90 Å². The molecule has 0 amide bonds. The monoisotopic (exact) mass is 219 g/mol. The van der Waals surface area contributed by atoms with Gasteiger partial charge in [-0.05, 0) is 23.6 Å². The lowest BCUT2D eigenvalue weighted by atomic mass is 9.87. The van der Waals surface area contributed by atoms with E-state index in [0.717, 1.165) is 12.8 Å². The molecule has 1 aromatic carbocycles. The molecular weight excluding hydrogens is 198 g/mol. The van der Waals surface area contributed by atoms with Gasteiger partial charge in [0.1, 0.15) is 6.29 Å². The highest BCUT2D eigenvalue weighted by atomic mass is 16.1. The predicted octanol–water partition coefficient (Wildman–Crippen LogP) is 2.61. The third-order valence-corrected chi connectivity index (χ3v) is 2.66. The SMILES string of the molecule is CN(CC=O)Cc1ccc(C(C)(C)C)cc1. The van der Waals surface area contributed by atoms with E-state index >= 15 is 0 Å². The van der Waals surface area contributed by atoms with Crippen LogP contribution < -0.4 is 0 Å². The van der Waals surface area contributed by atoms with E-state index < -0.39 is 0 Å². The lowest BCUT2D eigenvalue weighted by Crippen LogP contribution is -2.20. The van der Waals surface area contributed by atoms with Gasteiger partial charge in [0.15, 0.2) is 0 Å². The highest BCUT2D eigenvalue weighted by molar-refractivity contribution is 5.51. The quantitative estimate of drug-likeness (QED) is 0.725. The number of nitrogens with zero attached hydrogens (tertiary/aromatic N) is 1. The van der Waals surface area contributed by atoms with Crippen molar-refractivity contribution in [3.05, 3.63) is 35.4 Å². The zero-order chi connectivity index (χ0) is 12.2. The van der Waals surface area contributed by atoms with Crippen molar-refractivity contribution in [3.63, 3.8) is 0 Å². The molecule has 2 nitrogen and oxygen atoms in total. The summed E-state index contributed by atoms with van der Waals surface area (Å²) in [5.41, 5.74) is 2.79. The summed E-state index contributed by atoms with van der Waals surface area (Å²) < 4.78 is 0. The van der Waals surface area contributed by atoms with Crippen molar-refractivity contribution in [2.45, 2.75) is 32.7 Å². The second-order valence-corrected chi connectivity index (χ2v) is 5.31. The summed E-state index contributed by atoms with van der Waals surface area (Å²) in [6, 6.07) is 8.62. The van der Waals surface area contributed by atoms with E-state index in [-0.39, 0.29) is 5.41 Å². The summed E-state index contributed by atoms with van der Waals surface area (Å²) in [5.74, 6) is 0. The maximum Gasteiger partial charge on any atom is 0.133 e. The molecule has 0 radical (unpaired) electrons. The molecule has 0 aliphatic carbocycles. The number of carbonyl (C=O) groups excluding carboxylic acids is 1. The van der Waals surface area contributed by atoms with E-state index in [1.165, 1.54) is 11.1 Å². The molecule has 0 unspecified atom stereocenters. The normalized spacial score (nSPS) is 11.8. The van der Waals surface area contributed by atoms with Gasteiger partial charge in [-0.25, -0.2) is 0 Å². The van der Waals surface area contributed by atoms with Gasteiger partial charge in [0.25, 0.3) is 0 Å². The second kappa shape index (κ2) is 5.26. The molecule has 0 aliphatic rings. The van der Waals surface area contributed by atoms with E-state index in [0.29, 0.717) is 6.54 Å². The minimum Gasteiger partial charge on any atom is -0.302 e. The van der Waals surface area contributed by atoms with Gasteiger partial charge >= 0.3 is 0 Å². The molecule has 0 fully saturated rings. The minimum absolute atomic E-state index is 0.202. The number of benzene rings is 1. The largest absolute Gasteiger partial charge is 0.302 e. The summed E-state index contributed by atoms with van der Waals surface area (Å²) >= 11 is 0. The average Bonchev–Trinajstić information content (AvgIpc) is 2.17. The molecule has 88 valence electrons. The number of hydrogen-bond acceptors (Lipinski definition) is 2. The van der Waals surface area contributed by atoms with Crippen molar-refractivity contribution in [1.29, 1.82) is 0 Å². The fourth-order valence-electron chi connectivity index (χ4n) is 1.61. The van der Waals surface area contributed by atoms with Gasteiger partial charge < -0.3 is 4.79 Å². The molecule has 0 N–H and O–H groups in total. The Bertz CT molecular complexity index is 335. The molecule has 0 aliphatic heterocycles. The fourth-order valence-corrected chi connectivity index (χ4v) is 1.61. The zero-order valence-electron chi connectivity index (χ0n) is 10.7. The molecule has 0 bridgehead atoms. The molecule has 0 spiro atoms. The van der Waals surface area contributed by atoms with E-state index in [1.807, 2.05) is 11.9 Å². The topological polar surface area (TPSA) is 20.3 Å². The number of rotatable bonds is 4. The van der Waals surface area contributed by atoms with Crippen LogP contribution in [0.25, 0.3) is 0 Å². The molecule has 0 heterocycles. The standard InChI is InChI=1S/C14H21NO/c1-14(2,3)13-7-5-12(6-8-13)11-15(4)9-10-16/h5-8,10H,9,11H2,1-4H3. The van der Waals surface area contributed by atoms with Crippen LogP contribution >= 0.6 is 0 Å². The Morgan fingerprint density at radius 3 is 2.19 bits per heavy atom. The maximum atomic E-state index is 10.3. The Morgan fingerprint density at radius 1 is 1.19 bits per heavy atom. The van der Waals surface area contributed by atoms with Gasteiger partial charge in [0, 0.05) is 6.54 Å². The molecule has 0 aromatic heterocycles. The maximum absolute atomic E-state index is 10.3. The number of carbonyl (C=O) groups is 1. The van der Waals surface area contributed by atoms with Gasteiger partial charge in [-0.3, -0.25) is 4.90 Å². The number of hydrogen-bond donors (Lipinski definition) is 0. The lowest BCUT2D eigenvalue weighted by molar-refractivity contribution is -0.108. The van der Waals surface area contributed by atoms with E-state index in [9.17, 15) is 4.79 Å². The van der Waals surface area contributed by atoms with Crippen LogP contribution in [-0.2, 0) is 16.8 Å². The Kier molecular flexibility index (Phi) is 4.25. The van der Waals surface area contributed by atoms with Crippen LogP contribution in [0.2, 0.25) is 0 Å². The first-order chi connectivity index (χ1) is 7.43. The molecular formula is C14H21NO. The number of likely N-dealkylation sites (N-methyl/N-ethyl adjacent to an activating group) is 1. The summed E-state index contributed by atoms with van der Waals surface area (Å²) in [6.07, 6.45) is 0.934. The third-order valence-electron chi connectivity index (χ3n) is 2.66. The van der Waals surface area contributed by atoms with Crippen molar-refractivity contribution >= 4 is 6.29 Å². The first-order valence-corrected chi connectivity index (χ1v) is 5.65.